The maximum absolute atomic E-state index is 12.6. The van der Waals surface area contributed by atoms with Crippen molar-refractivity contribution in [1.29, 1.82) is 0 Å². The first-order chi connectivity index (χ1) is 22.0. The zero-order valence-electron chi connectivity index (χ0n) is 26.8. The van der Waals surface area contributed by atoms with Crippen molar-refractivity contribution < 1.29 is 42.2 Å². The van der Waals surface area contributed by atoms with Crippen molar-refractivity contribution in [3.63, 3.8) is 0 Å². The number of anilines is 2. The third-order valence-electron chi connectivity index (χ3n) is 9.43. The molecule has 248 valence electrons. The van der Waals surface area contributed by atoms with Crippen molar-refractivity contribution in [3.8, 4) is 11.5 Å². The number of hydrogen-bond acceptors (Lipinski definition) is 10. The average Bonchev–Trinajstić information content (AvgIpc) is 2.99. The zero-order valence-corrected chi connectivity index (χ0v) is 28.4. The highest BCUT2D eigenvalue weighted by Crippen LogP contribution is 2.54. The largest absolute Gasteiger partial charge is 0.478 e. The lowest BCUT2D eigenvalue weighted by Gasteiger charge is -2.43. The third-order valence-corrected chi connectivity index (χ3v) is 10.7. The summed E-state index contributed by atoms with van der Waals surface area (Å²) in [5.74, 6) is -0.870. The van der Waals surface area contributed by atoms with Gasteiger partial charge in [-0.3, -0.25) is 4.55 Å². The fourth-order valence-corrected chi connectivity index (χ4v) is 7.89. The molecule has 0 saturated carbocycles. The van der Waals surface area contributed by atoms with E-state index in [1.54, 1.807) is 24.3 Å². The molecular weight excluding hydrogens is 645 g/mol. The van der Waals surface area contributed by atoms with Gasteiger partial charge >= 0.3 is 5.97 Å². The van der Waals surface area contributed by atoms with Gasteiger partial charge in [0.2, 0.25) is 0 Å². The Morgan fingerprint density at radius 2 is 1.43 bits per heavy atom. The first kappa shape index (κ1) is 33.1. The van der Waals surface area contributed by atoms with E-state index < -0.39 is 33.3 Å². The summed E-state index contributed by atoms with van der Waals surface area (Å²) in [6.45, 7) is 8.05. The monoisotopic (exact) mass is 680 g/mol. The molecule has 0 saturated heterocycles. The lowest BCUT2D eigenvalue weighted by molar-refractivity contribution is -0.432. The molecule has 3 aromatic carbocycles. The third kappa shape index (κ3) is 5.92. The van der Waals surface area contributed by atoms with Crippen molar-refractivity contribution in [1.82, 2.24) is 0 Å². The molecule has 13 heteroatoms. The molecule has 11 nitrogen and oxygen atoms in total. The van der Waals surface area contributed by atoms with E-state index in [9.17, 15) is 22.9 Å². The molecule has 0 amide bonds. The van der Waals surface area contributed by atoms with Crippen LogP contribution in [0.1, 0.15) is 71.8 Å². The Bertz CT molecular complexity index is 1970. The maximum Gasteiger partial charge on any atom is 0.335 e. The van der Waals surface area contributed by atoms with E-state index in [1.807, 2.05) is 63.2 Å². The Hall–Kier alpha value is -3.85. The number of hydrogen-bond donors (Lipinski definition) is 3. The Balaban J connectivity index is 1.63. The van der Waals surface area contributed by atoms with Gasteiger partial charge in [-0.1, -0.05) is 35.4 Å². The Kier molecular flexibility index (Phi) is 8.22. The Labute approximate surface area is 277 Å². The van der Waals surface area contributed by atoms with Crippen LogP contribution in [0.2, 0.25) is 0 Å². The summed E-state index contributed by atoms with van der Waals surface area (Å²) >= 11 is 0.927. The van der Waals surface area contributed by atoms with Gasteiger partial charge in [-0.25, -0.2) is 10.1 Å². The molecule has 3 aliphatic heterocycles. The van der Waals surface area contributed by atoms with Crippen LogP contribution in [0.4, 0.5) is 11.4 Å². The smallest absolute Gasteiger partial charge is 0.335 e. The highest BCUT2D eigenvalue weighted by atomic mass is 32.2. The average molecular weight is 681 g/mol. The van der Waals surface area contributed by atoms with Crippen molar-refractivity contribution >= 4 is 50.7 Å². The van der Waals surface area contributed by atoms with Gasteiger partial charge in [-0.05, 0) is 62.6 Å². The van der Waals surface area contributed by atoms with Crippen molar-refractivity contribution in [2.24, 2.45) is 0 Å². The van der Waals surface area contributed by atoms with Crippen molar-refractivity contribution in [3.05, 3.63) is 94.1 Å². The molecule has 3 heterocycles. The number of nitrogens with zero attached hydrogens (tertiary/aromatic N) is 2. The number of rotatable bonds is 8. The van der Waals surface area contributed by atoms with Crippen LogP contribution < -0.4 is 14.5 Å². The molecular formula is C34H36N2O9S2. The minimum atomic E-state index is -4.37. The van der Waals surface area contributed by atoms with Gasteiger partial charge in [-0.2, -0.15) is 8.42 Å². The van der Waals surface area contributed by atoms with Crippen LogP contribution in [-0.4, -0.2) is 66.0 Å². The van der Waals surface area contributed by atoms with Crippen LogP contribution in [0.3, 0.4) is 0 Å². The van der Waals surface area contributed by atoms with Gasteiger partial charge in [0.15, 0.2) is 0 Å². The Morgan fingerprint density at radius 1 is 0.894 bits per heavy atom. The Morgan fingerprint density at radius 3 is 1.96 bits per heavy atom. The number of carbonyl (C=O) groups is 1. The molecule has 1 unspecified atom stereocenters. The van der Waals surface area contributed by atoms with E-state index in [2.05, 4.69) is 29.9 Å². The van der Waals surface area contributed by atoms with Gasteiger partial charge in [0, 0.05) is 83.6 Å². The maximum atomic E-state index is 12.6. The number of fused-ring (bicyclic) bond motifs is 4. The molecule has 1 atom stereocenters. The SMILES string of the molecule is CN1c2cc3c(cc2C(CSOOO)=CC1(C)C)C(c1ccccc1C(=O)O)c1cc2c(cc1O3)N(C)C(C)(C)C=C2CS(=O)(=O)O. The normalized spacial score (nSPS) is 19.0. The second-order valence-electron chi connectivity index (χ2n) is 13.1. The van der Waals surface area contributed by atoms with E-state index in [-0.39, 0.29) is 11.1 Å². The molecule has 3 aromatic rings. The molecule has 3 aliphatic rings. The van der Waals surface area contributed by atoms with E-state index in [0.717, 1.165) is 34.4 Å². The number of carboxylic acids is 1. The fourth-order valence-electron chi connectivity index (χ4n) is 6.80. The summed E-state index contributed by atoms with van der Waals surface area (Å²) in [5, 5.41) is 22.9. The molecule has 0 fully saturated rings. The number of benzene rings is 3. The van der Waals surface area contributed by atoms with Gasteiger partial charge in [0.1, 0.15) is 17.3 Å². The van der Waals surface area contributed by atoms with Crippen LogP contribution in [0.5, 0.6) is 11.5 Å². The number of likely N-dealkylation sites (N-methyl/N-ethyl adjacent to an activating group) is 2. The van der Waals surface area contributed by atoms with Gasteiger partial charge in [-0.15, -0.1) is 4.33 Å². The zero-order chi connectivity index (χ0) is 34.1. The van der Waals surface area contributed by atoms with Gasteiger partial charge < -0.3 is 19.6 Å². The summed E-state index contributed by atoms with van der Waals surface area (Å²) in [6, 6.07) is 14.5. The molecule has 0 radical (unpaired) electrons. The highest BCUT2D eigenvalue weighted by molar-refractivity contribution is 7.95. The van der Waals surface area contributed by atoms with Crippen molar-refractivity contribution in [2.45, 2.75) is 44.7 Å². The van der Waals surface area contributed by atoms with Gasteiger partial charge in [0.05, 0.1) is 16.6 Å². The van der Waals surface area contributed by atoms with Crippen molar-refractivity contribution in [2.75, 3.05) is 35.4 Å². The summed E-state index contributed by atoms with van der Waals surface area (Å²) in [7, 11) is -0.475. The summed E-state index contributed by atoms with van der Waals surface area (Å²) in [4.78, 5) is 16.7. The first-order valence-corrected chi connectivity index (χ1v) is 17.4. The molecule has 6 rings (SSSR count). The molecule has 3 N–H and O–H groups in total. The molecule has 0 bridgehead atoms. The predicted molar refractivity (Wildman–Crippen MR) is 182 cm³/mol. The predicted octanol–water partition coefficient (Wildman–Crippen LogP) is 6.85. The van der Waals surface area contributed by atoms with Crippen LogP contribution in [-0.2, 0) is 19.5 Å². The second-order valence-corrected chi connectivity index (χ2v) is 15.3. The summed E-state index contributed by atoms with van der Waals surface area (Å²) in [5.41, 5.74) is 5.50. The highest BCUT2D eigenvalue weighted by Gasteiger charge is 2.39. The van der Waals surface area contributed by atoms with Crippen LogP contribution in [0.25, 0.3) is 11.1 Å². The lowest BCUT2D eigenvalue weighted by Crippen LogP contribution is -2.43. The lowest BCUT2D eigenvalue weighted by atomic mass is 9.77. The number of aromatic carboxylic acids is 1. The quantitative estimate of drug-likeness (QED) is 0.0588. The molecule has 0 spiro atoms. The van der Waals surface area contributed by atoms with Crippen LogP contribution in [0, 0.1) is 0 Å². The summed E-state index contributed by atoms with van der Waals surface area (Å²) in [6.07, 6.45) is 3.93. The standard InChI is InChI=1S/C34H36N2O9S2/c1-33(2)15-19(17-46-45-44-39)23-11-25-29(13-27(23)35(33)5)43-30-14-28-24(20(18-47(40,41)42)16-34(3,4)36(28)6)12-26(30)31(25)21-9-7-8-10-22(21)32(37)38/h7-16,31,39H,17-18H2,1-6H3,(H,37,38)(H,40,41,42). The second kappa shape index (κ2) is 11.7. The van der Waals surface area contributed by atoms with E-state index in [4.69, 9.17) is 14.3 Å². The number of carboxylic acid groups (broad SMARTS) is 1. The van der Waals surface area contributed by atoms with E-state index >= 15 is 0 Å². The van der Waals surface area contributed by atoms with E-state index in [1.165, 1.54) is 0 Å². The topological polar surface area (TPSA) is 146 Å². The molecule has 0 aromatic heterocycles. The van der Waals surface area contributed by atoms with E-state index in [0.29, 0.717) is 45.2 Å². The fraction of sp³-hybridized carbons (Fsp3) is 0.324. The van der Waals surface area contributed by atoms with Gasteiger partial charge in [0.25, 0.3) is 10.1 Å². The van der Waals surface area contributed by atoms with Crippen LogP contribution >= 0.6 is 12.0 Å². The number of ether oxygens (including phenoxy) is 1. The molecule has 0 aliphatic carbocycles. The summed E-state index contributed by atoms with van der Waals surface area (Å²) < 4.78 is 45.6. The minimum absolute atomic E-state index is 0.122. The minimum Gasteiger partial charge on any atom is -0.478 e. The first-order valence-electron chi connectivity index (χ1n) is 14.8. The van der Waals surface area contributed by atoms with Crippen LogP contribution in [0.15, 0.2) is 60.7 Å². The molecule has 47 heavy (non-hydrogen) atoms.